The number of carboxylic acid groups (broad SMARTS) is 1. The Morgan fingerprint density at radius 2 is 1.51 bits per heavy atom. The molecule has 262 valence electrons. The van der Waals surface area contributed by atoms with E-state index in [2.05, 4.69) is 25.9 Å². The van der Waals surface area contributed by atoms with Gasteiger partial charge < -0.3 is 33.9 Å². The summed E-state index contributed by atoms with van der Waals surface area (Å²) < 4.78 is 22.8. The molecule has 6 rings (SSSR count). The van der Waals surface area contributed by atoms with Crippen molar-refractivity contribution in [1.29, 1.82) is 0 Å². The number of hydrogen-bond acceptors (Lipinski definition) is 9. The maximum absolute atomic E-state index is 12.7. The molecule has 2 N–H and O–H groups in total. The van der Waals surface area contributed by atoms with E-state index < -0.39 is 24.1 Å². The number of benzene rings is 3. The molecular weight excluding hydrogens is 676 g/mol. The molecule has 1 aliphatic heterocycles. The van der Waals surface area contributed by atoms with Gasteiger partial charge in [-0.2, -0.15) is 9.97 Å². The van der Waals surface area contributed by atoms with Gasteiger partial charge in [0.25, 0.3) is 0 Å². The minimum Gasteiger partial charge on any atom is -0.450 e. The van der Waals surface area contributed by atoms with Gasteiger partial charge in [-0.1, -0.05) is 96.9 Å². The fraction of sp³-hybridized carbons (Fsp3) is 0.237. The third kappa shape index (κ3) is 10.5. The molecule has 0 spiro atoms. The van der Waals surface area contributed by atoms with Crippen molar-refractivity contribution in [1.82, 2.24) is 14.5 Å². The number of carbonyl (C=O) groups is 3. The number of anilines is 1. The highest BCUT2D eigenvalue weighted by atomic mass is 35.5. The molecule has 0 radical (unpaired) electrons. The van der Waals surface area contributed by atoms with Gasteiger partial charge in [0.2, 0.25) is 11.2 Å². The van der Waals surface area contributed by atoms with Crippen LogP contribution >= 0.6 is 11.6 Å². The summed E-state index contributed by atoms with van der Waals surface area (Å²) in [5.74, 6) is 2.77. The molecule has 3 heterocycles. The SMILES string of the molecule is C#C[C@@]1(COC(=O)OCc2ccccc2)CC[C@H](n2ccc3c(NC(=O)CCc4ccccc4)nc(Cl)nc32)O1.O=C(O)OCc1ccccc1. The molecule has 13 heteroatoms. The minimum absolute atomic E-state index is 0.0171. The van der Waals surface area contributed by atoms with E-state index in [-0.39, 0.29) is 37.4 Å². The molecule has 51 heavy (non-hydrogen) atoms. The van der Waals surface area contributed by atoms with Gasteiger partial charge in [-0.25, -0.2) is 9.59 Å². The monoisotopic (exact) mass is 710 g/mol. The first-order valence-corrected chi connectivity index (χ1v) is 16.4. The Kier molecular flexibility index (Phi) is 12.6. The van der Waals surface area contributed by atoms with Crippen molar-refractivity contribution in [3.05, 3.63) is 125 Å². The Balaban J connectivity index is 0.000000392. The lowest BCUT2D eigenvalue weighted by molar-refractivity contribution is -0.116. The van der Waals surface area contributed by atoms with Gasteiger partial charge in [-0.3, -0.25) is 4.79 Å². The van der Waals surface area contributed by atoms with Crippen LogP contribution in [0.2, 0.25) is 5.28 Å². The molecule has 0 bridgehead atoms. The molecule has 1 aliphatic rings. The van der Waals surface area contributed by atoms with Crippen LogP contribution in [0.25, 0.3) is 11.0 Å². The minimum atomic E-state index is -1.24. The van der Waals surface area contributed by atoms with E-state index in [1.807, 2.05) is 91.0 Å². The highest BCUT2D eigenvalue weighted by Crippen LogP contribution is 2.39. The average molecular weight is 711 g/mol. The zero-order valence-corrected chi connectivity index (χ0v) is 28.2. The van der Waals surface area contributed by atoms with Crippen LogP contribution in [0.15, 0.2) is 103 Å². The molecular formula is C38H35ClN4O8. The van der Waals surface area contributed by atoms with Crippen molar-refractivity contribution >= 4 is 46.7 Å². The number of nitrogens with zero attached hydrogens (tertiary/aromatic N) is 3. The first-order chi connectivity index (χ1) is 24.7. The van der Waals surface area contributed by atoms with Gasteiger partial charge in [-0.05, 0) is 53.6 Å². The van der Waals surface area contributed by atoms with Crippen LogP contribution in [0.5, 0.6) is 0 Å². The normalized spacial score (nSPS) is 16.3. The van der Waals surface area contributed by atoms with Crippen LogP contribution in [-0.4, -0.2) is 50.1 Å². The molecule has 0 unspecified atom stereocenters. The largest absolute Gasteiger partial charge is 0.508 e. The molecule has 1 fully saturated rings. The van der Waals surface area contributed by atoms with Gasteiger partial charge in [0.05, 0.1) is 5.39 Å². The smallest absolute Gasteiger partial charge is 0.450 e. The second-order valence-electron chi connectivity index (χ2n) is 11.4. The third-order valence-corrected chi connectivity index (χ3v) is 8.01. The second kappa shape index (κ2) is 17.7. The van der Waals surface area contributed by atoms with Gasteiger partial charge in [0, 0.05) is 12.6 Å². The van der Waals surface area contributed by atoms with Crippen LogP contribution in [-0.2, 0) is 43.4 Å². The average Bonchev–Trinajstić information content (AvgIpc) is 3.78. The highest BCUT2D eigenvalue weighted by molar-refractivity contribution is 6.29. The van der Waals surface area contributed by atoms with Crippen LogP contribution in [0.1, 0.15) is 42.2 Å². The number of halogens is 1. The molecule has 0 aliphatic carbocycles. The highest BCUT2D eigenvalue weighted by Gasteiger charge is 2.41. The number of aryl methyl sites for hydroxylation is 1. The quantitative estimate of drug-likeness (QED) is 0.0798. The first-order valence-electron chi connectivity index (χ1n) is 16.0. The van der Waals surface area contributed by atoms with Gasteiger partial charge in [-0.15, -0.1) is 6.42 Å². The summed E-state index contributed by atoms with van der Waals surface area (Å²) in [5, 5.41) is 11.6. The maximum atomic E-state index is 12.7. The Morgan fingerprint density at radius 1 is 0.902 bits per heavy atom. The van der Waals surface area contributed by atoms with E-state index in [4.69, 9.17) is 37.3 Å². The van der Waals surface area contributed by atoms with Crippen LogP contribution in [0, 0.1) is 12.3 Å². The fourth-order valence-electron chi connectivity index (χ4n) is 5.27. The Bertz CT molecular complexity index is 1970. The summed E-state index contributed by atoms with van der Waals surface area (Å²) >= 11 is 6.23. The maximum Gasteiger partial charge on any atom is 0.508 e. The number of rotatable bonds is 11. The van der Waals surface area contributed by atoms with E-state index in [9.17, 15) is 14.4 Å². The summed E-state index contributed by atoms with van der Waals surface area (Å²) in [5.41, 5.74) is 2.13. The molecule has 1 saturated heterocycles. The number of amides is 1. The zero-order valence-electron chi connectivity index (χ0n) is 27.4. The van der Waals surface area contributed by atoms with Crippen molar-refractivity contribution < 1.29 is 38.4 Å². The summed E-state index contributed by atoms with van der Waals surface area (Å²) in [6, 6.07) is 30.0. The lowest BCUT2D eigenvalue weighted by atomic mass is 10.0. The molecule has 1 amide bonds. The topological polar surface area (TPSA) is 151 Å². The first kappa shape index (κ1) is 36.4. The second-order valence-corrected chi connectivity index (χ2v) is 11.8. The van der Waals surface area contributed by atoms with E-state index in [1.165, 1.54) is 0 Å². The molecule has 2 aromatic heterocycles. The lowest BCUT2D eigenvalue weighted by Gasteiger charge is -2.23. The summed E-state index contributed by atoms with van der Waals surface area (Å²) in [6.07, 6.45) is 6.90. The number of hydrogen-bond donors (Lipinski definition) is 2. The van der Waals surface area contributed by atoms with Crippen molar-refractivity contribution in [2.75, 3.05) is 11.9 Å². The summed E-state index contributed by atoms with van der Waals surface area (Å²) in [6.45, 7) is 0.0502. The van der Waals surface area contributed by atoms with Crippen LogP contribution < -0.4 is 5.32 Å². The Morgan fingerprint density at radius 3 is 2.12 bits per heavy atom. The molecule has 5 aromatic rings. The van der Waals surface area contributed by atoms with Crippen molar-refractivity contribution in [2.45, 2.75) is 50.7 Å². The predicted molar refractivity (Wildman–Crippen MR) is 189 cm³/mol. The van der Waals surface area contributed by atoms with E-state index in [1.54, 1.807) is 16.8 Å². The van der Waals surface area contributed by atoms with Crippen molar-refractivity contribution in [3.63, 3.8) is 0 Å². The number of fused-ring (bicyclic) bond motifs is 1. The molecule has 2 atom stereocenters. The van der Waals surface area contributed by atoms with Gasteiger partial charge in [0.1, 0.15) is 37.5 Å². The third-order valence-electron chi connectivity index (χ3n) is 7.84. The van der Waals surface area contributed by atoms with Crippen LogP contribution in [0.4, 0.5) is 15.4 Å². The van der Waals surface area contributed by atoms with Gasteiger partial charge in [0.15, 0.2) is 5.60 Å². The number of terminal acetylenes is 1. The summed E-state index contributed by atoms with van der Waals surface area (Å²) in [7, 11) is 0. The zero-order chi connectivity index (χ0) is 36.1. The number of carbonyl (C=O) groups excluding carboxylic acids is 2. The number of aromatic nitrogens is 3. The van der Waals surface area contributed by atoms with E-state index in [0.29, 0.717) is 36.1 Å². The van der Waals surface area contributed by atoms with E-state index in [0.717, 1.165) is 16.7 Å². The molecule has 3 aromatic carbocycles. The number of nitrogens with one attached hydrogen (secondary N) is 1. The van der Waals surface area contributed by atoms with Crippen molar-refractivity contribution in [3.8, 4) is 12.3 Å². The Labute approximate surface area is 299 Å². The predicted octanol–water partition coefficient (Wildman–Crippen LogP) is 7.57. The lowest BCUT2D eigenvalue weighted by Crippen LogP contribution is -2.34. The van der Waals surface area contributed by atoms with Gasteiger partial charge >= 0.3 is 12.3 Å². The fourth-order valence-corrected chi connectivity index (χ4v) is 5.43. The van der Waals surface area contributed by atoms with Crippen molar-refractivity contribution in [2.24, 2.45) is 0 Å². The Hall–Kier alpha value is -5.90. The molecule has 12 nitrogen and oxygen atoms in total. The standard InChI is InChI=1S/C30H27ClN4O5.C8H8O3/c1-2-30(20-39-29(37)38-19-22-11-7-4-8-12-22)17-15-25(40-30)35-18-16-23-26(33-28(31)34-27(23)35)32-24(36)14-13-21-9-5-3-6-10-21;9-8(10)11-6-7-4-2-1-3-5-7/h1,3-12,16,18,25H,13-15,17,19-20H2,(H,32,33,34,36);1-5H,6H2,(H,9,10)/t25-,30+;/m1./s1. The van der Waals surface area contributed by atoms with Crippen LogP contribution in [0.3, 0.4) is 0 Å². The number of ether oxygens (including phenoxy) is 4. The summed E-state index contributed by atoms with van der Waals surface area (Å²) in [4.78, 5) is 43.4. The van der Waals surface area contributed by atoms with E-state index >= 15 is 0 Å². The molecule has 0 saturated carbocycles.